The van der Waals surface area contributed by atoms with Crippen LogP contribution in [0.25, 0.3) is 10.9 Å². The van der Waals surface area contributed by atoms with E-state index in [1.54, 1.807) is 59.3 Å². The fraction of sp³-hybridized carbons (Fsp3) is 0.125. The highest BCUT2D eigenvalue weighted by atomic mass is 19.1. The van der Waals surface area contributed by atoms with Crippen LogP contribution in [0.3, 0.4) is 0 Å². The van der Waals surface area contributed by atoms with Gasteiger partial charge in [-0.05, 0) is 30.3 Å². The lowest BCUT2D eigenvalue weighted by atomic mass is 10.2. The van der Waals surface area contributed by atoms with Gasteiger partial charge in [0.25, 0.3) is 5.56 Å². The molecular formula is C24H20FN3O4. The van der Waals surface area contributed by atoms with Crippen molar-refractivity contribution in [3.63, 3.8) is 0 Å². The molecule has 0 saturated heterocycles. The number of esters is 1. The lowest BCUT2D eigenvalue weighted by Crippen LogP contribution is -2.28. The lowest BCUT2D eigenvalue weighted by molar-refractivity contribution is -0.116. The number of hydrogen-bond acceptors (Lipinski definition) is 4. The number of aromatic nitrogens is 2. The van der Waals surface area contributed by atoms with Gasteiger partial charge in [0.05, 0.1) is 24.9 Å². The summed E-state index contributed by atoms with van der Waals surface area (Å²) >= 11 is 0. The van der Waals surface area contributed by atoms with Crippen LogP contribution in [-0.2, 0) is 22.6 Å². The van der Waals surface area contributed by atoms with Gasteiger partial charge in [0.2, 0.25) is 5.91 Å². The first-order valence-corrected chi connectivity index (χ1v) is 9.87. The third kappa shape index (κ3) is 4.15. The molecule has 0 spiro atoms. The topological polar surface area (TPSA) is 82.3 Å². The number of methoxy groups -OCH3 is 1. The van der Waals surface area contributed by atoms with Crippen LogP contribution in [0.1, 0.15) is 15.9 Å². The summed E-state index contributed by atoms with van der Waals surface area (Å²) in [4.78, 5) is 37.6. The molecule has 1 N–H and O–H groups in total. The number of nitrogens with one attached hydrogen (secondary N) is 1. The highest BCUT2D eigenvalue weighted by Gasteiger charge is 2.15. The van der Waals surface area contributed by atoms with Gasteiger partial charge in [0, 0.05) is 23.3 Å². The van der Waals surface area contributed by atoms with Crippen LogP contribution in [0.4, 0.5) is 10.1 Å². The Kier molecular flexibility index (Phi) is 5.85. The second-order valence-electron chi connectivity index (χ2n) is 7.17. The first-order valence-electron chi connectivity index (χ1n) is 9.87. The number of benzene rings is 2. The molecule has 0 saturated carbocycles. The number of para-hydroxylation sites is 1. The first kappa shape index (κ1) is 21.0. The summed E-state index contributed by atoms with van der Waals surface area (Å²) in [5.74, 6) is -1.41. The lowest BCUT2D eigenvalue weighted by Gasteiger charge is -2.11. The highest BCUT2D eigenvalue weighted by Crippen LogP contribution is 2.17. The monoisotopic (exact) mass is 433 g/mol. The number of carbonyl (C=O) groups excluding carboxylic acids is 2. The van der Waals surface area contributed by atoms with Gasteiger partial charge in [0.1, 0.15) is 17.9 Å². The number of ether oxygens (including phenoxy) is 1. The molecule has 0 aliphatic heterocycles. The predicted octanol–water partition coefficient (Wildman–Crippen LogP) is 3.42. The normalized spacial score (nSPS) is 10.8. The van der Waals surface area contributed by atoms with Crippen molar-refractivity contribution in [2.45, 2.75) is 13.1 Å². The van der Waals surface area contributed by atoms with E-state index in [4.69, 9.17) is 4.74 Å². The van der Waals surface area contributed by atoms with Gasteiger partial charge in [0.15, 0.2) is 0 Å². The Morgan fingerprint density at radius 1 is 0.969 bits per heavy atom. The number of amides is 1. The Morgan fingerprint density at radius 2 is 1.66 bits per heavy atom. The molecule has 0 bridgehead atoms. The summed E-state index contributed by atoms with van der Waals surface area (Å²) in [6.45, 7) is -0.0662. The van der Waals surface area contributed by atoms with Gasteiger partial charge in [-0.15, -0.1) is 0 Å². The van der Waals surface area contributed by atoms with Crippen molar-refractivity contribution in [1.29, 1.82) is 0 Å². The van der Waals surface area contributed by atoms with Crippen LogP contribution >= 0.6 is 0 Å². The van der Waals surface area contributed by atoms with E-state index in [0.29, 0.717) is 22.2 Å². The molecule has 0 atom stereocenters. The van der Waals surface area contributed by atoms with Crippen LogP contribution < -0.4 is 10.9 Å². The summed E-state index contributed by atoms with van der Waals surface area (Å²) in [5.41, 5.74) is 0.960. The molecule has 0 unspecified atom stereocenters. The smallest absolute Gasteiger partial charge is 0.339 e. The molecule has 32 heavy (non-hydrogen) atoms. The van der Waals surface area contributed by atoms with Crippen LogP contribution in [0.15, 0.2) is 77.9 Å². The number of hydrogen-bond donors (Lipinski definition) is 1. The van der Waals surface area contributed by atoms with E-state index in [1.807, 2.05) is 0 Å². The number of halogens is 1. The molecule has 0 aliphatic rings. The highest BCUT2D eigenvalue weighted by molar-refractivity contribution is 6.01. The third-order valence-corrected chi connectivity index (χ3v) is 5.11. The van der Waals surface area contributed by atoms with E-state index in [0.717, 1.165) is 0 Å². The zero-order chi connectivity index (χ0) is 22.7. The first-order chi connectivity index (χ1) is 15.5. The van der Waals surface area contributed by atoms with Crippen molar-refractivity contribution in [2.75, 3.05) is 12.4 Å². The molecule has 2 aromatic heterocycles. The molecule has 4 rings (SSSR count). The molecule has 8 heteroatoms. The summed E-state index contributed by atoms with van der Waals surface area (Å²) in [6.07, 6.45) is 3.25. The molecule has 162 valence electrons. The van der Waals surface area contributed by atoms with E-state index in [1.165, 1.54) is 30.0 Å². The molecule has 4 aromatic rings. The Hall–Kier alpha value is -4.20. The van der Waals surface area contributed by atoms with Crippen molar-refractivity contribution in [2.24, 2.45) is 0 Å². The van der Waals surface area contributed by atoms with E-state index < -0.39 is 11.9 Å². The van der Waals surface area contributed by atoms with Crippen molar-refractivity contribution in [3.8, 4) is 0 Å². The van der Waals surface area contributed by atoms with E-state index >= 15 is 0 Å². The van der Waals surface area contributed by atoms with Gasteiger partial charge in [-0.1, -0.05) is 30.3 Å². The largest absolute Gasteiger partial charge is 0.465 e. The van der Waals surface area contributed by atoms with E-state index in [2.05, 4.69) is 5.32 Å². The second-order valence-corrected chi connectivity index (χ2v) is 7.17. The molecule has 2 aromatic carbocycles. The molecule has 0 fully saturated rings. The molecule has 2 heterocycles. The molecule has 0 radical (unpaired) electrons. The minimum Gasteiger partial charge on any atom is -0.465 e. The molecular weight excluding hydrogens is 413 g/mol. The van der Waals surface area contributed by atoms with Gasteiger partial charge in [-0.3, -0.25) is 9.59 Å². The Labute approximate surface area is 182 Å². The van der Waals surface area contributed by atoms with Crippen molar-refractivity contribution in [1.82, 2.24) is 9.13 Å². The number of carbonyl (C=O) groups is 2. The Bertz CT molecular complexity index is 1370. The van der Waals surface area contributed by atoms with Gasteiger partial charge >= 0.3 is 5.97 Å². The van der Waals surface area contributed by atoms with Crippen molar-refractivity contribution in [3.05, 3.63) is 100 Å². The minimum atomic E-state index is -0.578. The van der Waals surface area contributed by atoms with E-state index in [-0.39, 0.29) is 30.0 Å². The number of fused-ring (bicyclic) bond motifs is 1. The average molecular weight is 433 g/mol. The summed E-state index contributed by atoms with van der Waals surface area (Å²) < 4.78 is 21.7. The molecule has 7 nitrogen and oxygen atoms in total. The van der Waals surface area contributed by atoms with Crippen LogP contribution in [0, 0.1) is 5.82 Å². The van der Waals surface area contributed by atoms with Crippen LogP contribution in [0.2, 0.25) is 0 Å². The van der Waals surface area contributed by atoms with E-state index in [9.17, 15) is 18.8 Å². The zero-order valence-electron chi connectivity index (χ0n) is 17.2. The summed E-state index contributed by atoms with van der Waals surface area (Å²) in [6, 6.07) is 16.3. The predicted molar refractivity (Wildman–Crippen MR) is 118 cm³/mol. The quantitative estimate of drug-likeness (QED) is 0.473. The zero-order valence-corrected chi connectivity index (χ0v) is 17.2. The Balaban J connectivity index is 1.60. The third-order valence-electron chi connectivity index (χ3n) is 5.11. The van der Waals surface area contributed by atoms with Gasteiger partial charge < -0.3 is 19.2 Å². The summed E-state index contributed by atoms with van der Waals surface area (Å²) in [7, 11) is 1.26. The van der Waals surface area contributed by atoms with Gasteiger partial charge in [-0.25, -0.2) is 9.18 Å². The maximum Gasteiger partial charge on any atom is 0.339 e. The maximum atomic E-state index is 14.1. The van der Waals surface area contributed by atoms with Crippen LogP contribution in [-0.4, -0.2) is 28.1 Å². The average Bonchev–Trinajstić information content (AvgIpc) is 3.20. The van der Waals surface area contributed by atoms with Crippen molar-refractivity contribution >= 4 is 28.5 Å². The van der Waals surface area contributed by atoms with Crippen molar-refractivity contribution < 1.29 is 18.7 Å². The summed E-state index contributed by atoms with van der Waals surface area (Å²) in [5, 5.41) is 3.34. The number of pyridine rings is 1. The fourth-order valence-corrected chi connectivity index (χ4v) is 3.54. The SMILES string of the molecule is COC(=O)c1ccccc1NC(=O)Cn1ccc2ccn(Cc3ccccc3F)c2c1=O. The standard InChI is InChI=1S/C24H20FN3O4/c1-32-24(31)18-7-3-5-9-20(18)26-21(29)15-28-13-11-16-10-12-27(22(16)23(28)30)14-17-6-2-4-8-19(17)25/h2-13H,14-15H2,1H3,(H,26,29). The Morgan fingerprint density at radius 3 is 2.41 bits per heavy atom. The molecule has 1 amide bonds. The second kappa shape index (κ2) is 8.89. The fourth-order valence-electron chi connectivity index (χ4n) is 3.54. The minimum absolute atomic E-state index is 0.189. The number of anilines is 1. The molecule has 0 aliphatic carbocycles. The maximum absolute atomic E-state index is 14.1. The number of rotatable bonds is 6. The van der Waals surface area contributed by atoms with Gasteiger partial charge in [-0.2, -0.15) is 0 Å². The van der Waals surface area contributed by atoms with Crippen LogP contribution in [0.5, 0.6) is 0 Å². The number of nitrogens with zero attached hydrogens (tertiary/aromatic N) is 2.